The number of hydrogen-bond donors (Lipinski definition) is 1. The minimum atomic E-state index is -0.502. The first-order valence-corrected chi connectivity index (χ1v) is 7.04. The van der Waals surface area contributed by atoms with E-state index in [1.807, 2.05) is 18.2 Å². The molecule has 5 nitrogen and oxygen atoms in total. The lowest BCUT2D eigenvalue weighted by atomic mass is 10.1. The molecule has 0 saturated carbocycles. The molecule has 0 saturated heterocycles. The predicted octanol–water partition coefficient (Wildman–Crippen LogP) is 2.42. The van der Waals surface area contributed by atoms with Crippen molar-refractivity contribution < 1.29 is 9.32 Å². The first kappa shape index (κ1) is 15.1. The zero-order valence-electron chi connectivity index (χ0n) is 12.6. The maximum Gasteiger partial charge on any atom is 0.366 e. The molecule has 0 spiro atoms. The van der Waals surface area contributed by atoms with Crippen LogP contribution in [0.15, 0.2) is 39.6 Å². The molecular formula is C16H20N2O3. The summed E-state index contributed by atoms with van der Waals surface area (Å²) >= 11 is 0. The largest absolute Gasteiger partial charge is 0.366 e. The number of carbonyl (C=O) groups excluding carboxylic acids is 1. The Bertz CT molecular complexity index is 669. The molecule has 1 N–H and O–H groups in total. The molecule has 2 aromatic rings. The monoisotopic (exact) mass is 288 g/mol. The highest BCUT2D eigenvalue weighted by Gasteiger charge is 2.22. The van der Waals surface area contributed by atoms with Crippen LogP contribution in [0.5, 0.6) is 0 Å². The molecule has 1 aromatic carbocycles. The van der Waals surface area contributed by atoms with E-state index >= 15 is 0 Å². The van der Waals surface area contributed by atoms with Gasteiger partial charge in [-0.25, -0.2) is 9.53 Å². The summed E-state index contributed by atoms with van der Waals surface area (Å²) in [6, 6.07) is 9.08. The number of nitrogens with one attached hydrogen (secondary N) is 1. The maximum atomic E-state index is 12.3. The van der Waals surface area contributed by atoms with Gasteiger partial charge in [0.05, 0.1) is 0 Å². The number of aromatic nitrogens is 1. The molecule has 0 radical (unpaired) electrons. The molecule has 0 aliphatic rings. The molecule has 1 aromatic heterocycles. The Hall–Kier alpha value is -2.30. The van der Waals surface area contributed by atoms with E-state index in [9.17, 15) is 9.59 Å². The molecule has 5 heteroatoms. The zero-order chi connectivity index (χ0) is 15.4. The second-order valence-electron chi connectivity index (χ2n) is 5.40. The van der Waals surface area contributed by atoms with Crippen LogP contribution >= 0.6 is 0 Å². The van der Waals surface area contributed by atoms with Gasteiger partial charge in [-0.15, -0.1) is 0 Å². The molecule has 0 aliphatic heterocycles. The number of carbonyl (C=O) groups is 1. The average molecular weight is 288 g/mol. The van der Waals surface area contributed by atoms with Gasteiger partial charge in [-0.2, -0.15) is 0 Å². The fourth-order valence-corrected chi connectivity index (χ4v) is 2.14. The topological polar surface area (TPSA) is 64.2 Å². The number of rotatable bonds is 5. The molecule has 0 atom stereocenters. The van der Waals surface area contributed by atoms with Gasteiger partial charge in [0.15, 0.2) is 5.69 Å². The van der Waals surface area contributed by atoms with Crippen LogP contribution in [-0.2, 0) is 7.05 Å². The van der Waals surface area contributed by atoms with E-state index in [1.165, 1.54) is 4.74 Å². The van der Waals surface area contributed by atoms with Crippen LogP contribution < -0.4 is 10.9 Å². The molecule has 0 fully saturated rings. The third-order valence-corrected chi connectivity index (χ3v) is 3.26. The Kier molecular flexibility index (Phi) is 4.62. The summed E-state index contributed by atoms with van der Waals surface area (Å²) in [5.74, 6) is 0.218. The van der Waals surface area contributed by atoms with E-state index in [-0.39, 0.29) is 11.6 Å². The van der Waals surface area contributed by atoms with Gasteiger partial charge < -0.3 is 9.84 Å². The molecule has 1 amide bonds. The van der Waals surface area contributed by atoms with Crippen molar-refractivity contribution in [1.29, 1.82) is 0 Å². The molecule has 1 heterocycles. The number of aryl methyl sites for hydroxylation is 1. The first-order valence-electron chi connectivity index (χ1n) is 7.04. The van der Waals surface area contributed by atoms with Crippen LogP contribution in [0.3, 0.4) is 0 Å². The lowest BCUT2D eigenvalue weighted by molar-refractivity contribution is 0.0932. The van der Waals surface area contributed by atoms with E-state index in [1.54, 1.807) is 19.2 Å². The van der Waals surface area contributed by atoms with E-state index in [0.717, 1.165) is 6.42 Å². The maximum absolute atomic E-state index is 12.3. The van der Waals surface area contributed by atoms with Gasteiger partial charge in [-0.3, -0.25) is 4.79 Å². The third-order valence-electron chi connectivity index (χ3n) is 3.26. The molecule has 2 rings (SSSR count). The second kappa shape index (κ2) is 6.43. The highest BCUT2D eigenvalue weighted by Crippen LogP contribution is 2.20. The third kappa shape index (κ3) is 3.42. The van der Waals surface area contributed by atoms with Gasteiger partial charge in [0.1, 0.15) is 5.56 Å². The van der Waals surface area contributed by atoms with E-state index in [0.29, 0.717) is 23.6 Å². The van der Waals surface area contributed by atoms with Crippen LogP contribution in [0.1, 0.15) is 30.8 Å². The summed E-state index contributed by atoms with van der Waals surface area (Å²) < 4.78 is 6.28. The fraction of sp³-hybridized carbons (Fsp3) is 0.375. The van der Waals surface area contributed by atoms with Crippen LogP contribution in [0.25, 0.3) is 11.1 Å². The van der Waals surface area contributed by atoms with Crippen LogP contribution in [-0.4, -0.2) is 17.2 Å². The molecule has 112 valence electrons. The Morgan fingerprint density at radius 3 is 2.57 bits per heavy atom. The number of nitrogens with zero attached hydrogens (tertiary/aromatic N) is 1. The Morgan fingerprint density at radius 1 is 1.29 bits per heavy atom. The SMILES string of the molecule is CC(C)CCNC(=O)c1c(-c2ccccc2)c(=O)on1C. The fourth-order valence-electron chi connectivity index (χ4n) is 2.14. The van der Waals surface area contributed by atoms with Gasteiger partial charge >= 0.3 is 5.63 Å². The number of hydrogen-bond acceptors (Lipinski definition) is 3. The smallest absolute Gasteiger partial charge is 0.351 e. The van der Waals surface area contributed by atoms with Crippen LogP contribution in [0.2, 0.25) is 0 Å². The number of benzene rings is 1. The Balaban J connectivity index is 2.32. The van der Waals surface area contributed by atoms with Crippen molar-refractivity contribution in [2.24, 2.45) is 13.0 Å². The normalized spacial score (nSPS) is 10.9. The Morgan fingerprint density at radius 2 is 1.95 bits per heavy atom. The van der Waals surface area contributed by atoms with E-state index < -0.39 is 5.63 Å². The average Bonchev–Trinajstić information content (AvgIpc) is 2.74. The standard InChI is InChI=1S/C16H20N2O3/c1-11(2)9-10-17-15(19)14-13(16(20)21-18(14)3)12-7-5-4-6-8-12/h4-8,11H,9-10H2,1-3H3,(H,17,19). The van der Waals surface area contributed by atoms with Gasteiger partial charge in [-0.1, -0.05) is 44.2 Å². The quantitative estimate of drug-likeness (QED) is 0.919. The Labute approximate surface area is 123 Å². The summed E-state index contributed by atoms with van der Waals surface area (Å²) in [5.41, 5.74) is 0.744. The van der Waals surface area contributed by atoms with Gasteiger partial charge in [0.25, 0.3) is 5.91 Å². The van der Waals surface area contributed by atoms with Crippen molar-refractivity contribution in [1.82, 2.24) is 10.1 Å². The predicted molar refractivity (Wildman–Crippen MR) is 81.2 cm³/mol. The summed E-state index contributed by atoms with van der Waals surface area (Å²) in [7, 11) is 1.56. The van der Waals surface area contributed by atoms with Gasteiger partial charge in [0.2, 0.25) is 0 Å². The molecule has 0 bridgehead atoms. The molecular weight excluding hydrogens is 268 g/mol. The van der Waals surface area contributed by atoms with Crippen LogP contribution in [0.4, 0.5) is 0 Å². The lowest BCUT2D eigenvalue weighted by Gasteiger charge is -2.08. The molecule has 0 unspecified atom stereocenters. The van der Waals surface area contributed by atoms with E-state index in [2.05, 4.69) is 19.2 Å². The van der Waals surface area contributed by atoms with Crippen molar-refractivity contribution in [2.75, 3.05) is 6.54 Å². The minimum Gasteiger partial charge on any atom is -0.351 e. The summed E-state index contributed by atoms with van der Waals surface area (Å²) in [5, 5.41) is 2.84. The van der Waals surface area contributed by atoms with Crippen molar-refractivity contribution in [2.45, 2.75) is 20.3 Å². The minimum absolute atomic E-state index is 0.259. The van der Waals surface area contributed by atoms with Crippen molar-refractivity contribution in [3.05, 3.63) is 46.4 Å². The van der Waals surface area contributed by atoms with Gasteiger partial charge in [0, 0.05) is 13.6 Å². The van der Waals surface area contributed by atoms with E-state index in [4.69, 9.17) is 4.52 Å². The van der Waals surface area contributed by atoms with Gasteiger partial charge in [-0.05, 0) is 17.9 Å². The second-order valence-corrected chi connectivity index (χ2v) is 5.40. The summed E-state index contributed by atoms with van der Waals surface area (Å²) in [6.07, 6.45) is 0.887. The lowest BCUT2D eigenvalue weighted by Crippen LogP contribution is -2.27. The number of amides is 1. The first-order chi connectivity index (χ1) is 10.0. The van der Waals surface area contributed by atoms with Crippen molar-refractivity contribution in [3.63, 3.8) is 0 Å². The highest BCUT2D eigenvalue weighted by molar-refractivity contribution is 5.98. The van der Waals surface area contributed by atoms with Crippen molar-refractivity contribution in [3.8, 4) is 11.1 Å². The van der Waals surface area contributed by atoms with Crippen molar-refractivity contribution >= 4 is 5.91 Å². The van der Waals surface area contributed by atoms with Crippen LogP contribution in [0, 0.1) is 5.92 Å². The highest BCUT2D eigenvalue weighted by atomic mass is 16.5. The summed E-state index contributed by atoms with van der Waals surface area (Å²) in [6.45, 7) is 4.76. The molecule has 0 aliphatic carbocycles. The molecule has 21 heavy (non-hydrogen) atoms. The zero-order valence-corrected chi connectivity index (χ0v) is 12.6. The summed E-state index contributed by atoms with van der Waals surface area (Å²) in [4.78, 5) is 24.3.